The number of halogens is 1. The van der Waals surface area contributed by atoms with Crippen molar-refractivity contribution in [1.29, 1.82) is 0 Å². The maximum Gasteiger partial charge on any atom is 0.0469 e. The maximum absolute atomic E-state index is 5.78. The van der Waals surface area contributed by atoms with Crippen LogP contribution in [-0.2, 0) is 11.2 Å². The van der Waals surface area contributed by atoms with E-state index in [4.69, 9.17) is 4.74 Å². The summed E-state index contributed by atoms with van der Waals surface area (Å²) < 4.78 is 6.92. The first-order chi connectivity index (χ1) is 10.1. The lowest BCUT2D eigenvalue weighted by Crippen LogP contribution is -2.25. The molecule has 0 bridgehead atoms. The molecule has 0 amide bonds. The van der Waals surface area contributed by atoms with Crippen molar-refractivity contribution >= 4 is 15.9 Å². The van der Waals surface area contributed by atoms with Crippen LogP contribution in [0.2, 0.25) is 0 Å². The molecule has 0 aliphatic rings. The molecule has 0 aliphatic heterocycles. The summed E-state index contributed by atoms with van der Waals surface area (Å²) in [5, 5.41) is 3.47. The average molecular weight is 356 g/mol. The fourth-order valence-corrected chi connectivity index (χ4v) is 2.51. The van der Waals surface area contributed by atoms with Crippen LogP contribution in [0.3, 0.4) is 0 Å². The highest BCUT2D eigenvalue weighted by atomic mass is 79.9. The Hall–Kier alpha value is -0.380. The van der Waals surface area contributed by atoms with Crippen LogP contribution in [0.4, 0.5) is 0 Å². The van der Waals surface area contributed by atoms with Gasteiger partial charge in [0.2, 0.25) is 0 Å². The van der Waals surface area contributed by atoms with E-state index >= 15 is 0 Å². The van der Waals surface area contributed by atoms with Gasteiger partial charge in [-0.3, -0.25) is 0 Å². The molecule has 21 heavy (non-hydrogen) atoms. The lowest BCUT2D eigenvalue weighted by Gasteiger charge is -2.18. The highest BCUT2D eigenvalue weighted by molar-refractivity contribution is 9.10. The fourth-order valence-electron chi connectivity index (χ4n) is 2.25. The van der Waals surface area contributed by atoms with Crippen LogP contribution in [0.1, 0.15) is 39.2 Å². The van der Waals surface area contributed by atoms with Gasteiger partial charge in [0.05, 0.1) is 0 Å². The van der Waals surface area contributed by atoms with Gasteiger partial charge in [-0.25, -0.2) is 0 Å². The summed E-state index contributed by atoms with van der Waals surface area (Å²) in [5.74, 6) is 1.37. The molecule has 0 heterocycles. The van der Waals surface area contributed by atoms with Gasteiger partial charge < -0.3 is 10.1 Å². The zero-order chi connectivity index (χ0) is 15.5. The van der Waals surface area contributed by atoms with Crippen LogP contribution in [0.5, 0.6) is 0 Å². The summed E-state index contributed by atoms with van der Waals surface area (Å²) in [6.45, 7) is 10.5. The van der Waals surface area contributed by atoms with Crippen LogP contribution in [0.25, 0.3) is 0 Å². The van der Waals surface area contributed by atoms with Crippen molar-refractivity contribution in [1.82, 2.24) is 5.32 Å². The van der Waals surface area contributed by atoms with Gasteiger partial charge in [-0.15, -0.1) is 0 Å². The lowest BCUT2D eigenvalue weighted by atomic mass is 9.96. The third kappa shape index (κ3) is 9.28. The van der Waals surface area contributed by atoms with Crippen molar-refractivity contribution in [2.45, 2.75) is 40.0 Å². The molecule has 1 atom stereocenters. The summed E-state index contributed by atoms with van der Waals surface area (Å²) in [6.07, 6.45) is 3.40. The third-order valence-corrected chi connectivity index (χ3v) is 4.16. The Bertz CT molecular complexity index is 364. The van der Waals surface area contributed by atoms with E-state index in [1.807, 2.05) is 0 Å². The summed E-state index contributed by atoms with van der Waals surface area (Å²) in [6, 6.07) is 8.67. The van der Waals surface area contributed by atoms with Gasteiger partial charge in [0.1, 0.15) is 0 Å². The summed E-state index contributed by atoms with van der Waals surface area (Å²) in [5.41, 5.74) is 1.41. The largest absolute Gasteiger partial charge is 0.381 e. The Labute approximate surface area is 138 Å². The first-order valence-electron chi connectivity index (χ1n) is 8.14. The van der Waals surface area contributed by atoms with Gasteiger partial charge in [0.25, 0.3) is 0 Å². The maximum atomic E-state index is 5.78. The van der Waals surface area contributed by atoms with Crippen molar-refractivity contribution < 1.29 is 4.74 Å². The van der Waals surface area contributed by atoms with E-state index in [0.717, 1.165) is 56.0 Å². The van der Waals surface area contributed by atoms with Crippen LogP contribution < -0.4 is 5.32 Å². The molecule has 0 fully saturated rings. The molecule has 0 aliphatic carbocycles. The predicted octanol–water partition coefficient (Wildman–Crippen LogP) is 4.67. The Morgan fingerprint density at radius 2 is 1.76 bits per heavy atom. The van der Waals surface area contributed by atoms with E-state index < -0.39 is 0 Å². The molecule has 120 valence electrons. The zero-order valence-corrected chi connectivity index (χ0v) is 15.3. The van der Waals surface area contributed by atoms with E-state index in [-0.39, 0.29) is 0 Å². The number of benzene rings is 1. The minimum Gasteiger partial charge on any atom is -0.381 e. The minimum atomic E-state index is 0.644. The quantitative estimate of drug-likeness (QED) is 0.582. The molecular weight excluding hydrogens is 326 g/mol. The molecule has 0 radical (unpaired) electrons. The predicted molar refractivity (Wildman–Crippen MR) is 94.8 cm³/mol. The number of nitrogens with one attached hydrogen (secondary N) is 1. The molecule has 2 nitrogen and oxygen atoms in total. The number of hydrogen-bond acceptors (Lipinski definition) is 2. The highest BCUT2D eigenvalue weighted by Crippen LogP contribution is 2.16. The second-order valence-corrected chi connectivity index (χ2v) is 7.00. The molecule has 1 rings (SSSR count). The molecule has 3 heteroatoms. The summed E-state index contributed by atoms with van der Waals surface area (Å²) in [7, 11) is 0. The van der Waals surface area contributed by atoms with Gasteiger partial charge >= 0.3 is 0 Å². The van der Waals surface area contributed by atoms with Crippen molar-refractivity contribution in [2.75, 3.05) is 26.3 Å². The first-order valence-corrected chi connectivity index (χ1v) is 8.94. The van der Waals surface area contributed by atoms with Crippen LogP contribution >= 0.6 is 15.9 Å². The number of hydrogen-bond donors (Lipinski definition) is 1. The van der Waals surface area contributed by atoms with Gasteiger partial charge in [-0.05, 0) is 61.9 Å². The van der Waals surface area contributed by atoms with E-state index in [2.05, 4.69) is 66.3 Å². The average Bonchev–Trinajstić information content (AvgIpc) is 2.46. The van der Waals surface area contributed by atoms with Gasteiger partial charge in [0.15, 0.2) is 0 Å². The number of rotatable bonds is 11. The van der Waals surface area contributed by atoms with Crippen molar-refractivity contribution in [3.63, 3.8) is 0 Å². The van der Waals surface area contributed by atoms with Crippen molar-refractivity contribution in [3.05, 3.63) is 34.3 Å². The Morgan fingerprint density at radius 3 is 2.38 bits per heavy atom. The summed E-state index contributed by atoms with van der Waals surface area (Å²) >= 11 is 3.49. The number of ether oxygens (including phenoxy) is 1. The molecule has 0 saturated heterocycles. The Balaban J connectivity index is 2.34. The summed E-state index contributed by atoms with van der Waals surface area (Å²) in [4.78, 5) is 0. The van der Waals surface area contributed by atoms with E-state index in [0.29, 0.717) is 5.92 Å². The molecule has 1 unspecified atom stereocenters. The molecular formula is C18H30BrNO. The van der Waals surface area contributed by atoms with Crippen molar-refractivity contribution in [3.8, 4) is 0 Å². The topological polar surface area (TPSA) is 21.3 Å². The third-order valence-electron chi connectivity index (χ3n) is 3.63. The molecule has 1 aromatic carbocycles. The lowest BCUT2D eigenvalue weighted by molar-refractivity contribution is 0.110. The Morgan fingerprint density at radius 1 is 1.10 bits per heavy atom. The SMILES string of the molecule is CCNCC(CCOCCC(C)C)Cc1ccc(Br)cc1. The molecule has 0 aromatic heterocycles. The van der Waals surface area contributed by atoms with Crippen LogP contribution in [-0.4, -0.2) is 26.3 Å². The normalized spacial score (nSPS) is 12.8. The van der Waals surface area contributed by atoms with Crippen LogP contribution in [0, 0.1) is 11.8 Å². The van der Waals surface area contributed by atoms with E-state index in [9.17, 15) is 0 Å². The smallest absolute Gasteiger partial charge is 0.0469 e. The van der Waals surface area contributed by atoms with E-state index in [1.54, 1.807) is 0 Å². The van der Waals surface area contributed by atoms with Crippen molar-refractivity contribution in [2.24, 2.45) is 11.8 Å². The standard InChI is InChI=1S/C18H30BrNO/c1-4-20-14-17(10-12-21-11-9-15(2)3)13-16-5-7-18(19)8-6-16/h5-8,15,17,20H,4,9-14H2,1-3H3. The van der Waals surface area contributed by atoms with Gasteiger partial charge in [-0.2, -0.15) is 0 Å². The Kier molecular flexibility index (Phi) is 9.98. The molecule has 0 spiro atoms. The molecule has 1 aromatic rings. The van der Waals surface area contributed by atoms with Gasteiger partial charge in [-0.1, -0.05) is 48.8 Å². The first kappa shape index (κ1) is 18.7. The second-order valence-electron chi connectivity index (χ2n) is 6.09. The van der Waals surface area contributed by atoms with Gasteiger partial charge in [0, 0.05) is 17.7 Å². The minimum absolute atomic E-state index is 0.644. The van der Waals surface area contributed by atoms with Crippen LogP contribution in [0.15, 0.2) is 28.7 Å². The molecule has 0 saturated carbocycles. The second kappa shape index (κ2) is 11.2. The van der Waals surface area contributed by atoms with E-state index in [1.165, 1.54) is 5.56 Å². The zero-order valence-electron chi connectivity index (χ0n) is 13.7. The highest BCUT2D eigenvalue weighted by Gasteiger charge is 2.09. The fraction of sp³-hybridized carbons (Fsp3) is 0.667. The monoisotopic (exact) mass is 355 g/mol. The molecule has 1 N–H and O–H groups in total.